The topological polar surface area (TPSA) is 92.5 Å². The maximum atomic E-state index is 12.9. The highest BCUT2D eigenvalue weighted by Crippen LogP contribution is 2.28. The Hall–Kier alpha value is -2.75. The van der Waals surface area contributed by atoms with Crippen LogP contribution in [0, 0.1) is 6.92 Å². The third-order valence-corrected chi connectivity index (χ3v) is 7.71. The predicted molar refractivity (Wildman–Crippen MR) is 119 cm³/mol. The lowest BCUT2D eigenvalue weighted by Gasteiger charge is -2.15. The van der Waals surface area contributed by atoms with Crippen molar-refractivity contribution >= 4 is 45.1 Å². The van der Waals surface area contributed by atoms with E-state index in [9.17, 15) is 13.2 Å². The van der Waals surface area contributed by atoms with Crippen LogP contribution < -0.4 is 5.32 Å². The molecule has 2 aromatic heterocycles. The molecule has 0 spiro atoms. The van der Waals surface area contributed by atoms with Gasteiger partial charge in [0.2, 0.25) is 5.91 Å². The largest absolute Gasteiger partial charge is 0.354 e. The Morgan fingerprint density at radius 2 is 1.93 bits per heavy atom. The first-order valence-electron chi connectivity index (χ1n) is 9.35. The first-order valence-corrected chi connectivity index (χ1v) is 11.6. The van der Waals surface area contributed by atoms with Gasteiger partial charge in [0.1, 0.15) is 15.6 Å². The van der Waals surface area contributed by atoms with Crippen LogP contribution in [0.1, 0.15) is 35.2 Å². The van der Waals surface area contributed by atoms with Gasteiger partial charge >= 0.3 is 0 Å². The summed E-state index contributed by atoms with van der Waals surface area (Å²) in [5.41, 5.74) is 2.01. The van der Waals surface area contributed by atoms with E-state index in [4.69, 9.17) is 4.52 Å². The Bertz CT molecular complexity index is 1150. The number of carbonyl (C=O) groups is 1. The minimum atomic E-state index is -3.60. The Morgan fingerprint density at radius 3 is 2.63 bits per heavy atom. The van der Waals surface area contributed by atoms with Crippen LogP contribution in [0.2, 0.25) is 0 Å². The van der Waals surface area contributed by atoms with Crippen LogP contribution in [0.3, 0.4) is 0 Å². The van der Waals surface area contributed by atoms with Gasteiger partial charge in [-0.25, -0.2) is 8.42 Å². The third kappa shape index (κ3) is 5.05. The summed E-state index contributed by atoms with van der Waals surface area (Å²) in [6, 6.07) is 12.8. The van der Waals surface area contributed by atoms with E-state index in [1.165, 1.54) is 4.31 Å². The molecule has 0 saturated carbocycles. The van der Waals surface area contributed by atoms with E-state index < -0.39 is 10.0 Å². The fourth-order valence-corrected chi connectivity index (χ4v) is 5.28. The van der Waals surface area contributed by atoms with Crippen molar-refractivity contribution in [2.75, 3.05) is 12.4 Å². The zero-order chi connectivity index (χ0) is 21.7. The molecule has 0 atom stereocenters. The fraction of sp³-hybridized carbons (Fsp3) is 0.238. The monoisotopic (exact) mass is 445 g/mol. The number of rotatable bonds is 8. The second-order valence-corrected chi connectivity index (χ2v) is 10.0. The summed E-state index contributed by atoms with van der Waals surface area (Å²) in [6.07, 6.45) is 3.75. The smallest absolute Gasteiger partial charge is 0.252 e. The first-order chi connectivity index (χ1) is 14.3. The molecule has 9 heteroatoms. The Labute approximate surface area is 180 Å². The molecule has 30 heavy (non-hydrogen) atoms. The van der Waals surface area contributed by atoms with Crippen molar-refractivity contribution in [1.82, 2.24) is 9.46 Å². The van der Waals surface area contributed by atoms with Crippen LogP contribution in [-0.4, -0.2) is 30.8 Å². The summed E-state index contributed by atoms with van der Waals surface area (Å²) < 4.78 is 32.6. The number of aryl methyl sites for hydroxylation is 1. The number of amides is 1. The maximum absolute atomic E-state index is 12.9. The molecule has 1 N–H and O–H groups in total. The predicted octanol–water partition coefficient (Wildman–Crippen LogP) is 4.38. The standard InChI is InChI=1S/C21H23N3O4S2/c1-4-19(25)22-21-15(2)23-28-18(21)12-10-17-11-13-20(29-17)30(26,27)24(3)14-16-8-6-5-7-9-16/h5-13H,4,14H2,1-3H3,(H,22,25). The lowest BCUT2D eigenvalue weighted by molar-refractivity contribution is -0.115. The van der Waals surface area contributed by atoms with Crippen LogP contribution in [0.15, 0.2) is 51.2 Å². The van der Waals surface area contributed by atoms with Crippen LogP contribution in [0.4, 0.5) is 5.69 Å². The SMILES string of the molecule is CCC(=O)Nc1c(C)noc1C=Cc1ccc(S(=O)(=O)N(C)Cc2ccccc2)s1. The first kappa shape index (κ1) is 21.9. The van der Waals surface area contributed by atoms with Gasteiger partial charge in [0.05, 0.1) is 0 Å². The molecule has 0 bridgehead atoms. The number of hydrogen-bond acceptors (Lipinski definition) is 6. The number of anilines is 1. The molecule has 0 aliphatic carbocycles. The minimum Gasteiger partial charge on any atom is -0.354 e. The Morgan fingerprint density at radius 1 is 1.20 bits per heavy atom. The van der Waals surface area contributed by atoms with E-state index in [0.29, 0.717) is 30.1 Å². The summed E-state index contributed by atoms with van der Waals surface area (Å²) >= 11 is 1.16. The summed E-state index contributed by atoms with van der Waals surface area (Å²) in [4.78, 5) is 12.4. The molecule has 0 saturated heterocycles. The zero-order valence-electron chi connectivity index (χ0n) is 17.0. The summed E-state index contributed by atoms with van der Waals surface area (Å²) in [5.74, 6) is 0.273. The van der Waals surface area contributed by atoms with Crippen molar-refractivity contribution < 1.29 is 17.7 Å². The molecule has 0 unspecified atom stereocenters. The molecule has 0 radical (unpaired) electrons. The van der Waals surface area contributed by atoms with Crippen molar-refractivity contribution in [3.05, 3.63) is 64.4 Å². The second-order valence-electron chi connectivity index (χ2n) is 6.65. The van der Waals surface area contributed by atoms with Gasteiger partial charge < -0.3 is 9.84 Å². The lowest BCUT2D eigenvalue weighted by atomic mass is 10.2. The third-order valence-electron chi connectivity index (χ3n) is 4.39. The van der Waals surface area contributed by atoms with Gasteiger partial charge in [0.15, 0.2) is 5.76 Å². The van der Waals surface area contributed by atoms with Crippen molar-refractivity contribution in [1.29, 1.82) is 0 Å². The zero-order valence-corrected chi connectivity index (χ0v) is 18.6. The number of benzene rings is 1. The number of aromatic nitrogens is 1. The molecular weight excluding hydrogens is 422 g/mol. The van der Waals surface area contributed by atoms with Gasteiger partial charge in [-0.3, -0.25) is 4.79 Å². The molecule has 0 aliphatic heterocycles. The van der Waals surface area contributed by atoms with Crippen molar-refractivity contribution in [2.24, 2.45) is 0 Å². The van der Waals surface area contributed by atoms with E-state index >= 15 is 0 Å². The summed E-state index contributed by atoms with van der Waals surface area (Å²) in [6.45, 7) is 3.80. The number of carbonyl (C=O) groups excluding carboxylic acids is 1. The molecule has 158 valence electrons. The van der Waals surface area contributed by atoms with Gasteiger partial charge in [-0.2, -0.15) is 4.31 Å². The van der Waals surface area contributed by atoms with Crippen LogP contribution >= 0.6 is 11.3 Å². The lowest BCUT2D eigenvalue weighted by Crippen LogP contribution is -2.25. The maximum Gasteiger partial charge on any atom is 0.252 e. The molecule has 7 nitrogen and oxygen atoms in total. The van der Waals surface area contributed by atoms with Crippen LogP contribution in [0.5, 0.6) is 0 Å². The number of nitrogens with one attached hydrogen (secondary N) is 1. The molecule has 0 aliphatic rings. The van der Waals surface area contributed by atoms with Gasteiger partial charge in [-0.15, -0.1) is 11.3 Å². The van der Waals surface area contributed by atoms with Gasteiger partial charge in [0, 0.05) is 24.9 Å². The van der Waals surface area contributed by atoms with E-state index in [2.05, 4.69) is 10.5 Å². The van der Waals surface area contributed by atoms with Gasteiger partial charge in [0.25, 0.3) is 10.0 Å². The minimum absolute atomic E-state index is 0.137. The van der Waals surface area contributed by atoms with Gasteiger partial charge in [-0.1, -0.05) is 42.4 Å². The highest BCUT2D eigenvalue weighted by atomic mass is 32.2. The summed E-state index contributed by atoms with van der Waals surface area (Å²) in [5, 5.41) is 6.65. The Kier molecular flexibility index (Phi) is 6.86. The molecule has 1 aromatic carbocycles. The molecule has 1 amide bonds. The molecule has 3 aromatic rings. The van der Waals surface area contributed by atoms with Crippen molar-refractivity contribution in [3.8, 4) is 0 Å². The van der Waals surface area contributed by atoms with E-state index in [1.54, 1.807) is 45.2 Å². The molecule has 3 rings (SSSR count). The van der Waals surface area contributed by atoms with E-state index in [0.717, 1.165) is 21.8 Å². The van der Waals surface area contributed by atoms with Crippen LogP contribution in [0.25, 0.3) is 12.2 Å². The number of hydrogen-bond donors (Lipinski definition) is 1. The van der Waals surface area contributed by atoms with Crippen LogP contribution in [-0.2, 0) is 21.4 Å². The van der Waals surface area contributed by atoms with Crippen molar-refractivity contribution in [3.63, 3.8) is 0 Å². The number of sulfonamides is 1. The highest BCUT2D eigenvalue weighted by Gasteiger charge is 2.22. The van der Waals surface area contributed by atoms with E-state index in [-0.39, 0.29) is 10.1 Å². The Balaban J connectivity index is 1.76. The van der Waals surface area contributed by atoms with E-state index in [1.807, 2.05) is 30.3 Å². The summed E-state index contributed by atoms with van der Waals surface area (Å²) in [7, 11) is -2.03. The molecule has 2 heterocycles. The molecular formula is C21H23N3O4S2. The van der Waals surface area contributed by atoms with Gasteiger partial charge in [-0.05, 0) is 36.8 Å². The van der Waals surface area contributed by atoms with Crippen molar-refractivity contribution in [2.45, 2.75) is 31.0 Å². The highest BCUT2D eigenvalue weighted by molar-refractivity contribution is 7.91. The second kappa shape index (κ2) is 9.38. The number of nitrogens with zero attached hydrogens (tertiary/aromatic N) is 2. The fourth-order valence-electron chi connectivity index (χ4n) is 2.68. The number of thiophene rings is 1. The quantitative estimate of drug-likeness (QED) is 0.555. The average molecular weight is 446 g/mol. The molecule has 0 fully saturated rings. The average Bonchev–Trinajstić information content (AvgIpc) is 3.35. The normalized spacial score (nSPS) is 12.0.